The van der Waals surface area contributed by atoms with Gasteiger partial charge in [-0.1, -0.05) is 24.4 Å². The fraction of sp³-hybridized carbons (Fsp3) is 0.400. The molecule has 14 nitrogen and oxygen atoms in total. The van der Waals surface area contributed by atoms with Gasteiger partial charge in [-0.15, -0.1) is 0 Å². The fourth-order valence-corrected chi connectivity index (χ4v) is 6.45. The molecule has 0 saturated carbocycles. The second-order valence-electron chi connectivity index (χ2n) is 11.0. The van der Waals surface area contributed by atoms with Crippen LogP contribution < -0.4 is 15.8 Å². The number of nitrogens with two attached hydrogens (primary N) is 1. The zero-order valence-corrected chi connectivity index (χ0v) is 26.7. The molecule has 0 amide bonds. The van der Waals surface area contributed by atoms with Crippen molar-refractivity contribution in [2.45, 2.75) is 50.5 Å². The number of ether oxygens (including phenoxy) is 2. The summed E-state index contributed by atoms with van der Waals surface area (Å²) >= 11 is 6.22. The molecule has 4 heterocycles. The van der Waals surface area contributed by atoms with Gasteiger partial charge in [-0.25, -0.2) is 24.5 Å². The number of unbranched alkanes of at least 4 members (excludes halogenated alkanes) is 3. The van der Waals surface area contributed by atoms with Gasteiger partial charge in [0.2, 0.25) is 0 Å². The van der Waals surface area contributed by atoms with Gasteiger partial charge in [0.25, 0.3) is 0 Å². The minimum atomic E-state index is -4.34. The molecule has 46 heavy (non-hydrogen) atoms. The summed E-state index contributed by atoms with van der Waals surface area (Å²) in [4.78, 5) is 27.2. The van der Waals surface area contributed by atoms with E-state index >= 15 is 0 Å². The SMILES string of the molecule is COc1ccc2nc3cc(Cl)ccc3c(NCCCCCCOP(=O)(O)OC[C@H]3O[C@@H](n4cnc5c(N)ncnc54)C[C@@H]3O)c2c1. The van der Waals surface area contributed by atoms with E-state index in [4.69, 9.17) is 40.8 Å². The van der Waals surface area contributed by atoms with E-state index in [1.165, 1.54) is 12.7 Å². The molecule has 1 aliphatic heterocycles. The number of nitrogens with one attached hydrogen (secondary N) is 1. The predicted molar refractivity (Wildman–Crippen MR) is 174 cm³/mol. The van der Waals surface area contributed by atoms with Crippen molar-refractivity contribution in [1.82, 2.24) is 24.5 Å². The standard InChI is InChI=1S/C30H35ClN7O7P/c1-42-19-7-9-22-21(13-19)27(20-8-6-18(31)12-23(20)37-22)33-10-4-2-3-5-11-43-46(40,41)44-15-25-24(39)14-26(45-25)38-17-36-28-29(32)34-16-35-30(28)38/h6-9,12-13,16-17,24-26,39H,2-5,10-11,14-15H2,1H3,(H,33,37)(H,40,41)(H2,32,34,35)/t24-,25+,26+/m0/s1. The molecule has 5 N–H and O–H groups in total. The van der Waals surface area contributed by atoms with Gasteiger partial charge < -0.3 is 30.5 Å². The Hall–Kier alpha value is -3.62. The van der Waals surface area contributed by atoms with Crippen LogP contribution in [0.1, 0.15) is 38.3 Å². The van der Waals surface area contributed by atoms with Crippen LogP contribution in [-0.4, -0.2) is 73.6 Å². The molecule has 6 rings (SSSR count). The van der Waals surface area contributed by atoms with Gasteiger partial charge in [0.05, 0.1) is 49.5 Å². The molecule has 0 bridgehead atoms. The molecule has 5 aromatic rings. The number of methoxy groups -OCH3 is 1. The number of imidazole rings is 1. The minimum absolute atomic E-state index is 0.0558. The van der Waals surface area contributed by atoms with Crippen LogP contribution in [-0.2, 0) is 18.3 Å². The number of benzene rings is 2. The normalized spacial score (nSPS) is 19.6. The molecule has 0 radical (unpaired) electrons. The summed E-state index contributed by atoms with van der Waals surface area (Å²) in [6, 6.07) is 11.4. The Kier molecular flexibility index (Phi) is 9.85. The first kappa shape index (κ1) is 32.3. The Bertz CT molecular complexity index is 1890. The maximum absolute atomic E-state index is 12.5. The Morgan fingerprint density at radius 2 is 1.93 bits per heavy atom. The van der Waals surface area contributed by atoms with Crippen molar-refractivity contribution in [2.75, 3.05) is 37.9 Å². The summed E-state index contributed by atoms with van der Waals surface area (Å²) in [5.74, 6) is 0.980. The monoisotopic (exact) mass is 671 g/mol. The van der Waals surface area contributed by atoms with E-state index in [9.17, 15) is 14.6 Å². The first-order valence-corrected chi connectivity index (χ1v) is 16.8. The van der Waals surface area contributed by atoms with Crippen LogP contribution in [0.4, 0.5) is 11.5 Å². The van der Waals surface area contributed by atoms with E-state index in [-0.39, 0.29) is 25.5 Å². The number of halogens is 1. The average Bonchev–Trinajstić information content (AvgIpc) is 3.64. The molecule has 244 valence electrons. The van der Waals surface area contributed by atoms with E-state index in [0.29, 0.717) is 22.6 Å². The van der Waals surface area contributed by atoms with E-state index < -0.39 is 26.3 Å². The molecule has 1 aliphatic rings. The molecule has 1 saturated heterocycles. The first-order chi connectivity index (χ1) is 22.2. The lowest BCUT2D eigenvalue weighted by Gasteiger charge is -2.18. The third-order valence-electron chi connectivity index (χ3n) is 7.87. The largest absolute Gasteiger partial charge is 0.497 e. The highest BCUT2D eigenvalue weighted by Crippen LogP contribution is 2.44. The lowest BCUT2D eigenvalue weighted by atomic mass is 10.1. The highest BCUT2D eigenvalue weighted by atomic mass is 35.5. The maximum atomic E-state index is 12.5. The third kappa shape index (κ3) is 7.18. The number of aliphatic hydroxyl groups is 1. The van der Waals surface area contributed by atoms with Crippen molar-refractivity contribution in [2.24, 2.45) is 0 Å². The summed E-state index contributed by atoms with van der Waals surface area (Å²) in [6.45, 7) is 0.452. The number of aliphatic hydroxyl groups excluding tert-OH is 1. The van der Waals surface area contributed by atoms with Gasteiger partial charge in [-0.3, -0.25) is 13.6 Å². The molecule has 0 aliphatic carbocycles. The van der Waals surface area contributed by atoms with Gasteiger partial charge in [0.15, 0.2) is 11.5 Å². The number of anilines is 2. The number of rotatable bonds is 14. The number of pyridine rings is 1. The zero-order valence-electron chi connectivity index (χ0n) is 25.1. The number of fused-ring (bicyclic) bond motifs is 3. The number of phosphoric ester groups is 1. The van der Waals surface area contributed by atoms with Crippen LogP contribution in [0.5, 0.6) is 5.75 Å². The van der Waals surface area contributed by atoms with Crippen LogP contribution in [0.15, 0.2) is 49.1 Å². The molecular formula is C30H35ClN7O7P. The summed E-state index contributed by atoms with van der Waals surface area (Å²) in [5.41, 5.74) is 9.35. The number of hydrogen-bond acceptors (Lipinski definition) is 12. The first-order valence-electron chi connectivity index (χ1n) is 14.9. The van der Waals surface area contributed by atoms with E-state index in [0.717, 1.165) is 59.0 Å². The van der Waals surface area contributed by atoms with Gasteiger partial charge >= 0.3 is 7.82 Å². The number of hydrogen-bond donors (Lipinski definition) is 4. The molecule has 4 atom stereocenters. The van der Waals surface area contributed by atoms with Gasteiger partial charge in [-0.2, -0.15) is 0 Å². The van der Waals surface area contributed by atoms with Gasteiger partial charge in [0, 0.05) is 28.8 Å². The summed E-state index contributed by atoms with van der Waals surface area (Å²) in [7, 11) is -2.71. The van der Waals surface area contributed by atoms with Crippen molar-refractivity contribution >= 4 is 63.9 Å². The summed E-state index contributed by atoms with van der Waals surface area (Å²) < 4.78 is 35.7. The van der Waals surface area contributed by atoms with E-state index in [2.05, 4.69) is 20.3 Å². The Balaban J connectivity index is 0.931. The van der Waals surface area contributed by atoms with Crippen LogP contribution in [0, 0.1) is 0 Å². The lowest BCUT2D eigenvalue weighted by molar-refractivity contribution is -0.0439. The summed E-state index contributed by atoms with van der Waals surface area (Å²) in [6.07, 6.45) is 3.78. The van der Waals surface area contributed by atoms with Gasteiger partial charge in [-0.05, 0) is 49.2 Å². The van der Waals surface area contributed by atoms with E-state index in [1.54, 1.807) is 11.7 Å². The number of nitrogen functional groups attached to an aromatic ring is 1. The van der Waals surface area contributed by atoms with Crippen molar-refractivity contribution in [1.29, 1.82) is 0 Å². The predicted octanol–water partition coefficient (Wildman–Crippen LogP) is 5.23. The molecule has 16 heteroatoms. The van der Waals surface area contributed by atoms with Crippen molar-refractivity contribution in [3.05, 3.63) is 54.1 Å². The number of phosphoric acid groups is 1. The smallest absolute Gasteiger partial charge is 0.472 e. The second-order valence-corrected chi connectivity index (χ2v) is 12.9. The quantitative estimate of drug-likeness (QED) is 0.0683. The number of aromatic nitrogens is 5. The minimum Gasteiger partial charge on any atom is -0.497 e. The lowest BCUT2D eigenvalue weighted by Crippen LogP contribution is -2.26. The maximum Gasteiger partial charge on any atom is 0.472 e. The highest BCUT2D eigenvalue weighted by molar-refractivity contribution is 7.47. The Morgan fingerprint density at radius 3 is 2.78 bits per heavy atom. The topological polar surface area (TPSA) is 189 Å². The molecule has 1 fully saturated rings. The van der Waals surface area contributed by atoms with Crippen LogP contribution >= 0.6 is 19.4 Å². The second kappa shape index (κ2) is 14.0. The fourth-order valence-electron chi connectivity index (χ4n) is 5.51. The molecule has 3 aromatic heterocycles. The average molecular weight is 672 g/mol. The van der Waals surface area contributed by atoms with Crippen molar-refractivity contribution in [3.8, 4) is 5.75 Å². The Morgan fingerprint density at radius 1 is 1.09 bits per heavy atom. The van der Waals surface area contributed by atoms with Gasteiger partial charge in [0.1, 0.15) is 29.9 Å². The van der Waals surface area contributed by atoms with Crippen LogP contribution in [0.25, 0.3) is 33.0 Å². The Labute approximate surface area is 269 Å². The van der Waals surface area contributed by atoms with Crippen LogP contribution in [0.3, 0.4) is 0 Å². The van der Waals surface area contributed by atoms with E-state index in [1.807, 2.05) is 36.4 Å². The third-order valence-corrected chi connectivity index (χ3v) is 9.09. The number of nitrogens with zero attached hydrogens (tertiary/aromatic N) is 5. The molecule has 1 unspecified atom stereocenters. The van der Waals surface area contributed by atoms with Crippen molar-refractivity contribution < 1.29 is 33.1 Å². The molecule has 2 aromatic carbocycles. The molecule has 0 spiro atoms. The van der Waals surface area contributed by atoms with Crippen molar-refractivity contribution in [3.63, 3.8) is 0 Å². The van der Waals surface area contributed by atoms with Crippen LogP contribution in [0.2, 0.25) is 5.02 Å². The summed E-state index contributed by atoms with van der Waals surface area (Å²) in [5, 5.41) is 16.6. The molecular weight excluding hydrogens is 637 g/mol. The zero-order chi connectivity index (χ0) is 32.3. The highest BCUT2D eigenvalue weighted by Gasteiger charge is 2.38.